The summed E-state index contributed by atoms with van der Waals surface area (Å²) in [6.07, 6.45) is 5.56. The number of nitrogens with zero attached hydrogens (tertiary/aromatic N) is 2. The first-order chi connectivity index (χ1) is 11.3. The van der Waals surface area contributed by atoms with E-state index in [4.69, 9.17) is 4.42 Å². The molecule has 2 aromatic rings. The Balaban J connectivity index is 1.50. The molecule has 2 heterocycles. The molecule has 1 aromatic carbocycles. The van der Waals surface area contributed by atoms with E-state index >= 15 is 0 Å². The third kappa shape index (κ3) is 3.00. The Morgan fingerprint density at radius 2 is 1.96 bits per heavy atom. The maximum atomic E-state index is 13.0. The number of hydrogen-bond acceptors (Lipinski definition) is 3. The van der Waals surface area contributed by atoms with Crippen molar-refractivity contribution in [3.05, 3.63) is 42.2 Å². The summed E-state index contributed by atoms with van der Waals surface area (Å²) in [5.74, 6) is 1.22. The Hall–Kier alpha value is -1.68. The first kappa shape index (κ1) is 15.8. The Kier molecular flexibility index (Phi) is 3.57. The number of fused-ring (bicyclic) bond motifs is 2. The molecule has 1 saturated carbocycles. The second-order valence-corrected chi connectivity index (χ2v) is 8.74. The minimum absolute atomic E-state index is 0.237. The van der Waals surface area contributed by atoms with Crippen molar-refractivity contribution >= 4 is 0 Å². The Morgan fingerprint density at radius 3 is 2.71 bits per heavy atom. The van der Waals surface area contributed by atoms with Gasteiger partial charge in [0.2, 0.25) is 5.89 Å². The molecule has 0 spiro atoms. The van der Waals surface area contributed by atoms with Crippen LogP contribution in [0.3, 0.4) is 0 Å². The molecule has 0 N–H and O–H groups in total. The Morgan fingerprint density at radius 1 is 1.21 bits per heavy atom. The van der Waals surface area contributed by atoms with Crippen LogP contribution in [0.25, 0.3) is 11.3 Å². The summed E-state index contributed by atoms with van der Waals surface area (Å²) in [4.78, 5) is 6.99. The van der Waals surface area contributed by atoms with Gasteiger partial charge in [0.25, 0.3) is 0 Å². The van der Waals surface area contributed by atoms with Crippen LogP contribution >= 0.6 is 0 Å². The lowest BCUT2D eigenvalue weighted by molar-refractivity contribution is 0.125. The van der Waals surface area contributed by atoms with Gasteiger partial charge in [-0.3, -0.25) is 4.90 Å². The fourth-order valence-corrected chi connectivity index (χ4v) is 5.07. The molecule has 0 radical (unpaired) electrons. The predicted molar refractivity (Wildman–Crippen MR) is 91.8 cm³/mol. The van der Waals surface area contributed by atoms with E-state index in [-0.39, 0.29) is 5.82 Å². The van der Waals surface area contributed by atoms with Crippen LogP contribution in [0.4, 0.5) is 4.39 Å². The van der Waals surface area contributed by atoms with Crippen molar-refractivity contribution in [3.8, 4) is 11.3 Å². The lowest BCUT2D eigenvalue weighted by Gasteiger charge is -2.39. The average molecular weight is 328 g/mol. The molecule has 1 aromatic heterocycles. The molecule has 2 atom stereocenters. The third-order valence-corrected chi connectivity index (χ3v) is 5.54. The van der Waals surface area contributed by atoms with Gasteiger partial charge >= 0.3 is 0 Å². The lowest BCUT2D eigenvalue weighted by atomic mass is 9.65. The van der Waals surface area contributed by atoms with Crippen molar-refractivity contribution in [2.24, 2.45) is 10.8 Å². The fourth-order valence-electron chi connectivity index (χ4n) is 5.07. The van der Waals surface area contributed by atoms with E-state index in [9.17, 15) is 4.39 Å². The maximum absolute atomic E-state index is 13.0. The van der Waals surface area contributed by atoms with Crippen molar-refractivity contribution in [2.45, 2.75) is 52.6 Å². The van der Waals surface area contributed by atoms with Gasteiger partial charge in [0.1, 0.15) is 5.82 Å². The highest BCUT2D eigenvalue weighted by molar-refractivity contribution is 5.55. The van der Waals surface area contributed by atoms with Gasteiger partial charge in [-0.1, -0.05) is 20.8 Å². The van der Waals surface area contributed by atoms with Crippen LogP contribution in [0.1, 0.15) is 45.9 Å². The largest absolute Gasteiger partial charge is 0.439 e. The van der Waals surface area contributed by atoms with Crippen LogP contribution in [0.15, 0.2) is 34.9 Å². The molecule has 2 bridgehead atoms. The standard InChI is InChI=1S/C20H25FN2O/c1-19(2)8-16-9-20(3,12-19)13-23(16)11-18-22-10-17(24-18)14-4-6-15(21)7-5-14/h4-7,10,16H,8-9,11-13H2,1-3H3. The van der Waals surface area contributed by atoms with Crippen molar-refractivity contribution in [3.63, 3.8) is 0 Å². The van der Waals surface area contributed by atoms with Gasteiger partial charge in [0, 0.05) is 18.2 Å². The summed E-state index contributed by atoms with van der Waals surface area (Å²) < 4.78 is 19.0. The average Bonchev–Trinajstić information content (AvgIpc) is 3.02. The zero-order chi connectivity index (χ0) is 16.9. The van der Waals surface area contributed by atoms with E-state index in [1.54, 1.807) is 18.3 Å². The highest BCUT2D eigenvalue weighted by Crippen LogP contribution is 2.52. The second-order valence-electron chi connectivity index (χ2n) is 8.74. The number of hydrogen-bond donors (Lipinski definition) is 0. The molecule has 1 aliphatic heterocycles. The number of aromatic nitrogens is 1. The highest BCUT2D eigenvalue weighted by Gasteiger charge is 2.49. The summed E-state index contributed by atoms with van der Waals surface area (Å²) in [7, 11) is 0. The molecule has 3 nitrogen and oxygen atoms in total. The highest BCUT2D eigenvalue weighted by atomic mass is 19.1. The van der Waals surface area contributed by atoms with Gasteiger partial charge < -0.3 is 4.42 Å². The summed E-state index contributed by atoms with van der Waals surface area (Å²) >= 11 is 0. The quantitative estimate of drug-likeness (QED) is 0.804. The lowest BCUT2D eigenvalue weighted by Crippen LogP contribution is -2.34. The van der Waals surface area contributed by atoms with Crippen molar-refractivity contribution in [1.29, 1.82) is 0 Å². The molecule has 2 fully saturated rings. The molecule has 1 saturated heterocycles. The number of likely N-dealkylation sites (tertiary alicyclic amines) is 1. The Bertz CT molecular complexity index is 736. The summed E-state index contributed by atoms with van der Waals surface area (Å²) in [5, 5.41) is 0. The minimum atomic E-state index is -0.237. The van der Waals surface area contributed by atoms with E-state index in [2.05, 4.69) is 30.7 Å². The predicted octanol–water partition coefficient (Wildman–Crippen LogP) is 4.88. The van der Waals surface area contributed by atoms with Gasteiger partial charge in [-0.25, -0.2) is 9.37 Å². The third-order valence-electron chi connectivity index (χ3n) is 5.54. The zero-order valence-corrected chi connectivity index (χ0v) is 14.7. The van der Waals surface area contributed by atoms with Crippen LogP contribution in [0.2, 0.25) is 0 Å². The molecule has 4 rings (SSSR count). The maximum Gasteiger partial charge on any atom is 0.209 e. The normalized spacial score (nSPS) is 29.1. The van der Waals surface area contributed by atoms with Gasteiger partial charge in [0.05, 0.1) is 12.7 Å². The molecule has 4 heteroatoms. The van der Waals surface area contributed by atoms with E-state index in [0.717, 1.165) is 24.5 Å². The summed E-state index contributed by atoms with van der Waals surface area (Å²) in [5.41, 5.74) is 1.70. The second kappa shape index (κ2) is 5.41. The number of halogens is 1. The fraction of sp³-hybridized carbons (Fsp3) is 0.550. The molecular weight excluding hydrogens is 303 g/mol. The van der Waals surface area contributed by atoms with E-state index in [1.807, 2.05) is 0 Å². The van der Waals surface area contributed by atoms with E-state index in [1.165, 1.54) is 31.4 Å². The van der Waals surface area contributed by atoms with E-state index in [0.29, 0.717) is 22.6 Å². The van der Waals surface area contributed by atoms with Crippen LogP contribution < -0.4 is 0 Å². The molecule has 0 amide bonds. The van der Waals surface area contributed by atoms with Crippen LogP contribution in [0.5, 0.6) is 0 Å². The minimum Gasteiger partial charge on any atom is -0.439 e. The summed E-state index contributed by atoms with van der Waals surface area (Å²) in [6.45, 7) is 9.07. The first-order valence-electron chi connectivity index (χ1n) is 8.77. The smallest absolute Gasteiger partial charge is 0.209 e. The topological polar surface area (TPSA) is 29.3 Å². The molecule has 2 unspecified atom stereocenters. The number of rotatable bonds is 3. The van der Waals surface area contributed by atoms with Crippen LogP contribution in [-0.2, 0) is 6.54 Å². The summed E-state index contributed by atoms with van der Waals surface area (Å²) in [6, 6.07) is 6.98. The molecule has 128 valence electrons. The van der Waals surface area contributed by atoms with Crippen molar-refractivity contribution < 1.29 is 8.81 Å². The van der Waals surface area contributed by atoms with Gasteiger partial charge in [-0.05, 0) is 54.4 Å². The van der Waals surface area contributed by atoms with Crippen molar-refractivity contribution in [1.82, 2.24) is 9.88 Å². The molecule has 24 heavy (non-hydrogen) atoms. The zero-order valence-electron chi connectivity index (χ0n) is 14.7. The van der Waals surface area contributed by atoms with Crippen LogP contribution in [-0.4, -0.2) is 22.5 Å². The van der Waals surface area contributed by atoms with Gasteiger partial charge in [-0.15, -0.1) is 0 Å². The Labute approximate surface area is 142 Å². The monoisotopic (exact) mass is 328 g/mol. The van der Waals surface area contributed by atoms with Gasteiger partial charge in [0.15, 0.2) is 5.76 Å². The molecular formula is C20H25FN2O. The SMILES string of the molecule is CC1(C)CC2CC(C)(CN2Cc2ncc(-c3ccc(F)cc3)o2)C1. The van der Waals surface area contributed by atoms with Crippen molar-refractivity contribution in [2.75, 3.05) is 6.54 Å². The molecule has 2 aliphatic rings. The van der Waals surface area contributed by atoms with E-state index < -0.39 is 0 Å². The van der Waals surface area contributed by atoms with Crippen LogP contribution in [0, 0.1) is 16.6 Å². The number of benzene rings is 1. The molecule has 1 aliphatic carbocycles. The number of oxazole rings is 1. The first-order valence-corrected chi connectivity index (χ1v) is 8.77. The van der Waals surface area contributed by atoms with Gasteiger partial charge in [-0.2, -0.15) is 0 Å².